The molecular weight excluding hydrogens is 342 g/mol. The molecule has 2 heterocycles. The van der Waals surface area contributed by atoms with Crippen LogP contribution in [0.1, 0.15) is 60.7 Å². The molecule has 27 heavy (non-hydrogen) atoms. The Morgan fingerprint density at radius 2 is 1.81 bits per heavy atom. The molecule has 0 aromatic heterocycles. The number of benzene rings is 1. The molecule has 1 aromatic carbocycles. The van der Waals surface area contributed by atoms with Gasteiger partial charge in [-0.25, -0.2) is 0 Å². The fourth-order valence-corrected chi connectivity index (χ4v) is 3.91. The average molecular weight is 371 g/mol. The second kappa shape index (κ2) is 7.80. The second-order valence-corrected chi connectivity index (χ2v) is 8.34. The van der Waals surface area contributed by atoms with Crippen LogP contribution in [0.3, 0.4) is 0 Å². The van der Waals surface area contributed by atoms with Crippen molar-refractivity contribution in [1.29, 1.82) is 0 Å². The minimum absolute atomic E-state index is 0.110. The molecule has 6 heteroatoms. The fraction of sp³-hybridized carbons (Fsp3) is 0.571. The van der Waals surface area contributed by atoms with Gasteiger partial charge in [0.25, 0.3) is 11.8 Å². The molecule has 1 unspecified atom stereocenters. The van der Waals surface area contributed by atoms with Crippen molar-refractivity contribution in [2.24, 2.45) is 5.92 Å². The van der Waals surface area contributed by atoms with Crippen molar-refractivity contribution in [3.8, 4) is 0 Å². The van der Waals surface area contributed by atoms with Crippen molar-refractivity contribution in [2.45, 2.75) is 45.6 Å². The number of imide groups is 1. The van der Waals surface area contributed by atoms with E-state index in [1.807, 2.05) is 0 Å². The Balaban J connectivity index is 1.49. The van der Waals surface area contributed by atoms with Gasteiger partial charge in [-0.3, -0.25) is 24.2 Å². The molecule has 0 bridgehead atoms. The molecule has 3 amide bonds. The van der Waals surface area contributed by atoms with Gasteiger partial charge < -0.3 is 5.32 Å². The highest BCUT2D eigenvalue weighted by atomic mass is 16.2. The van der Waals surface area contributed by atoms with Gasteiger partial charge in [-0.1, -0.05) is 19.1 Å². The summed E-state index contributed by atoms with van der Waals surface area (Å²) >= 11 is 0. The summed E-state index contributed by atoms with van der Waals surface area (Å²) in [5.41, 5.74) is 0.728. The lowest BCUT2D eigenvalue weighted by atomic mass is 9.93. The zero-order valence-electron chi connectivity index (χ0n) is 16.5. The van der Waals surface area contributed by atoms with Crippen LogP contribution in [0.15, 0.2) is 24.3 Å². The molecule has 1 atom stereocenters. The molecule has 1 aromatic rings. The maximum absolute atomic E-state index is 12.3. The highest BCUT2D eigenvalue weighted by Crippen LogP contribution is 2.24. The predicted molar refractivity (Wildman–Crippen MR) is 103 cm³/mol. The molecule has 6 nitrogen and oxygen atoms in total. The minimum atomic E-state index is -0.314. The average Bonchev–Trinajstić information content (AvgIpc) is 2.89. The highest BCUT2D eigenvalue weighted by Gasteiger charge is 2.35. The molecule has 0 aliphatic carbocycles. The Bertz CT molecular complexity index is 709. The van der Waals surface area contributed by atoms with E-state index in [9.17, 15) is 14.4 Å². The summed E-state index contributed by atoms with van der Waals surface area (Å²) in [6.45, 7) is 9.34. The predicted octanol–water partition coefficient (Wildman–Crippen LogP) is 2.30. The van der Waals surface area contributed by atoms with Crippen LogP contribution in [0, 0.1) is 5.92 Å². The quantitative estimate of drug-likeness (QED) is 0.779. The monoisotopic (exact) mass is 371 g/mol. The summed E-state index contributed by atoms with van der Waals surface area (Å²) in [6, 6.07) is 6.78. The van der Waals surface area contributed by atoms with Gasteiger partial charge in [0.1, 0.15) is 0 Å². The number of hydrogen-bond donors (Lipinski definition) is 1. The largest absolute Gasteiger partial charge is 0.354 e. The zero-order chi connectivity index (χ0) is 19.6. The summed E-state index contributed by atoms with van der Waals surface area (Å²) in [7, 11) is 0. The molecule has 2 aliphatic heterocycles. The summed E-state index contributed by atoms with van der Waals surface area (Å²) < 4.78 is 0. The van der Waals surface area contributed by atoms with Crippen LogP contribution < -0.4 is 5.32 Å². The Labute approximate surface area is 160 Å². The van der Waals surface area contributed by atoms with Crippen molar-refractivity contribution >= 4 is 17.7 Å². The first kappa shape index (κ1) is 19.5. The van der Waals surface area contributed by atoms with Gasteiger partial charge in [0.2, 0.25) is 5.91 Å². The molecule has 1 saturated heterocycles. The first-order valence-corrected chi connectivity index (χ1v) is 9.76. The van der Waals surface area contributed by atoms with E-state index < -0.39 is 0 Å². The maximum atomic E-state index is 12.3. The number of piperidine rings is 1. The molecule has 3 rings (SSSR count). The number of hydrogen-bond acceptors (Lipinski definition) is 4. The van der Waals surface area contributed by atoms with Crippen molar-refractivity contribution in [3.05, 3.63) is 35.4 Å². The van der Waals surface area contributed by atoms with Gasteiger partial charge in [0.15, 0.2) is 0 Å². The smallest absolute Gasteiger partial charge is 0.261 e. The van der Waals surface area contributed by atoms with Crippen molar-refractivity contribution in [2.75, 3.05) is 26.2 Å². The summed E-state index contributed by atoms with van der Waals surface area (Å²) in [4.78, 5) is 40.6. The lowest BCUT2D eigenvalue weighted by molar-refractivity contribution is -0.121. The van der Waals surface area contributed by atoms with E-state index in [0.717, 1.165) is 13.1 Å². The number of carbonyl (C=O) groups is 3. The summed E-state index contributed by atoms with van der Waals surface area (Å²) in [5, 5.41) is 2.98. The fourth-order valence-electron chi connectivity index (χ4n) is 3.91. The van der Waals surface area contributed by atoms with Crippen LogP contribution >= 0.6 is 0 Å². The van der Waals surface area contributed by atoms with Crippen LogP contribution in [0.5, 0.6) is 0 Å². The van der Waals surface area contributed by atoms with E-state index in [2.05, 4.69) is 31.0 Å². The number of fused-ring (bicyclic) bond motifs is 1. The number of rotatable bonds is 6. The minimum Gasteiger partial charge on any atom is -0.354 e. The normalized spacial score (nSPS) is 20.7. The number of nitrogens with zero attached hydrogens (tertiary/aromatic N) is 2. The Morgan fingerprint density at radius 3 is 2.41 bits per heavy atom. The van der Waals surface area contributed by atoms with Crippen LogP contribution in [-0.2, 0) is 4.79 Å². The number of likely N-dealkylation sites (tertiary alicyclic amines) is 1. The molecule has 2 aliphatic rings. The van der Waals surface area contributed by atoms with Gasteiger partial charge in [-0.2, -0.15) is 0 Å². The summed E-state index contributed by atoms with van der Waals surface area (Å²) in [6.07, 6.45) is 2.58. The first-order chi connectivity index (χ1) is 12.8. The third kappa shape index (κ3) is 4.21. The van der Waals surface area contributed by atoms with Crippen LogP contribution in [0.4, 0.5) is 0 Å². The Morgan fingerprint density at radius 1 is 1.19 bits per heavy atom. The van der Waals surface area contributed by atoms with Crippen molar-refractivity contribution in [1.82, 2.24) is 15.1 Å². The molecule has 0 radical (unpaired) electrons. The van der Waals surface area contributed by atoms with Crippen LogP contribution in [0.25, 0.3) is 0 Å². The van der Waals surface area contributed by atoms with E-state index >= 15 is 0 Å². The van der Waals surface area contributed by atoms with Gasteiger partial charge >= 0.3 is 0 Å². The summed E-state index contributed by atoms with van der Waals surface area (Å²) in [5.74, 6) is -0.0793. The van der Waals surface area contributed by atoms with Gasteiger partial charge in [-0.15, -0.1) is 0 Å². The zero-order valence-corrected chi connectivity index (χ0v) is 16.5. The lowest BCUT2D eigenvalue weighted by Crippen LogP contribution is -2.54. The topological polar surface area (TPSA) is 69.7 Å². The van der Waals surface area contributed by atoms with E-state index in [4.69, 9.17) is 0 Å². The van der Waals surface area contributed by atoms with E-state index in [1.165, 1.54) is 17.7 Å². The SMILES string of the molecule is CC1CCCN(C(C)(C)CNC(=O)CCN2C(=O)c3ccccc3C2=O)C1. The number of nitrogens with one attached hydrogen (secondary N) is 1. The standard InChI is InChI=1S/C21H29N3O3/c1-15-7-6-11-23(13-15)21(2,3)14-22-18(25)10-12-24-19(26)16-8-4-5-9-17(16)20(24)27/h4-5,8-9,15H,6-7,10-14H2,1-3H3,(H,22,25). The Hall–Kier alpha value is -2.21. The highest BCUT2D eigenvalue weighted by molar-refractivity contribution is 6.21. The molecule has 1 N–H and O–H groups in total. The van der Waals surface area contributed by atoms with E-state index in [0.29, 0.717) is 23.6 Å². The molecule has 146 valence electrons. The molecular formula is C21H29N3O3. The molecule has 1 fully saturated rings. The lowest BCUT2D eigenvalue weighted by Gasteiger charge is -2.43. The first-order valence-electron chi connectivity index (χ1n) is 9.76. The molecule has 0 saturated carbocycles. The Kier molecular flexibility index (Phi) is 5.65. The van der Waals surface area contributed by atoms with Gasteiger partial charge in [-0.05, 0) is 51.3 Å². The van der Waals surface area contributed by atoms with Gasteiger partial charge in [0.05, 0.1) is 11.1 Å². The second-order valence-electron chi connectivity index (χ2n) is 8.34. The van der Waals surface area contributed by atoms with Crippen molar-refractivity contribution < 1.29 is 14.4 Å². The third-order valence-corrected chi connectivity index (χ3v) is 5.67. The van der Waals surface area contributed by atoms with E-state index in [1.54, 1.807) is 24.3 Å². The third-order valence-electron chi connectivity index (χ3n) is 5.67. The number of carbonyl (C=O) groups excluding carboxylic acids is 3. The van der Waals surface area contributed by atoms with Crippen molar-refractivity contribution in [3.63, 3.8) is 0 Å². The van der Waals surface area contributed by atoms with Crippen LogP contribution in [0.2, 0.25) is 0 Å². The number of amides is 3. The maximum Gasteiger partial charge on any atom is 0.261 e. The van der Waals surface area contributed by atoms with Gasteiger partial charge in [0, 0.05) is 31.6 Å². The van der Waals surface area contributed by atoms with Crippen LogP contribution in [-0.4, -0.2) is 59.2 Å². The van der Waals surface area contributed by atoms with E-state index in [-0.39, 0.29) is 36.2 Å². The molecule has 0 spiro atoms.